The number of primary amides is 1. The molecule has 0 atom stereocenters. The van der Waals surface area contributed by atoms with Crippen LogP contribution in [-0.4, -0.2) is 6.03 Å². The molecule has 0 aromatic heterocycles. The van der Waals surface area contributed by atoms with Gasteiger partial charge >= 0.3 is 6.03 Å². The lowest BCUT2D eigenvalue weighted by molar-refractivity contribution is 0.259. The number of carbonyl (C=O) groups is 1. The van der Waals surface area contributed by atoms with Gasteiger partial charge in [0.25, 0.3) is 0 Å². The van der Waals surface area contributed by atoms with E-state index in [0.29, 0.717) is 16.8 Å². The third-order valence-corrected chi connectivity index (χ3v) is 1.46. The molecular formula is C9H6N4O. The molecule has 0 radical (unpaired) electrons. The highest BCUT2D eigenvalue weighted by atomic mass is 16.2. The zero-order chi connectivity index (χ0) is 10.6. The van der Waals surface area contributed by atoms with Crippen molar-refractivity contribution in [2.75, 3.05) is 5.32 Å². The van der Waals surface area contributed by atoms with Gasteiger partial charge in [-0.2, -0.15) is 10.5 Å². The first kappa shape index (κ1) is 9.56. The molecule has 0 aliphatic carbocycles. The normalized spacial score (nSPS) is 8.43. The van der Waals surface area contributed by atoms with Crippen molar-refractivity contribution in [2.24, 2.45) is 5.73 Å². The average Bonchev–Trinajstić information content (AvgIpc) is 2.16. The number of hydrogen-bond donors (Lipinski definition) is 2. The van der Waals surface area contributed by atoms with E-state index < -0.39 is 6.03 Å². The highest BCUT2D eigenvalue weighted by Gasteiger charge is 2.01. The van der Waals surface area contributed by atoms with E-state index >= 15 is 0 Å². The van der Waals surface area contributed by atoms with Crippen LogP contribution in [0.2, 0.25) is 0 Å². The Balaban J connectivity index is 3.14. The minimum atomic E-state index is -0.732. The van der Waals surface area contributed by atoms with Gasteiger partial charge in [-0.15, -0.1) is 0 Å². The maximum Gasteiger partial charge on any atom is 0.316 e. The number of nitrogens with one attached hydrogen (secondary N) is 1. The summed E-state index contributed by atoms with van der Waals surface area (Å²) < 4.78 is 0. The predicted molar refractivity (Wildman–Crippen MR) is 49.1 cm³/mol. The van der Waals surface area contributed by atoms with Crippen LogP contribution in [0.1, 0.15) is 11.1 Å². The Morgan fingerprint density at radius 1 is 1.21 bits per heavy atom. The number of urea groups is 1. The second-order valence-corrected chi connectivity index (χ2v) is 2.51. The van der Waals surface area contributed by atoms with Gasteiger partial charge in [-0.1, -0.05) is 0 Å². The van der Waals surface area contributed by atoms with Crippen molar-refractivity contribution in [1.82, 2.24) is 0 Å². The molecule has 0 saturated heterocycles. The molecule has 14 heavy (non-hydrogen) atoms. The van der Waals surface area contributed by atoms with Crippen LogP contribution in [0.25, 0.3) is 0 Å². The van der Waals surface area contributed by atoms with E-state index in [2.05, 4.69) is 5.32 Å². The van der Waals surface area contributed by atoms with E-state index in [1.54, 1.807) is 0 Å². The van der Waals surface area contributed by atoms with Gasteiger partial charge in [0.15, 0.2) is 0 Å². The van der Waals surface area contributed by atoms with E-state index in [4.69, 9.17) is 16.3 Å². The highest BCUT2D eigenvalue weighted by Crippen LogP contribution is 2.13. The zero-order valence-corrected chi connectivity index (χ0v) is 7.11. The first-order valence-electron chi connectivity index (χ1n) is 3.67. The number of benzene rings is 1. The maximum absolute atomic E-state index is 10.5. The Morgan fingerprint density at radius 2 is 1.71 bits per heavy atom. The van der Waals surface area contributed by atoms with Crippen molar-refractivity contribution >= 4 is 11.7 Å². The molecule has 68 valence electrons. The Kier molecular flexibility index (Phi) is 2.68. The van der Waals surface area contributed by atoms with Crippen molar-refractivity contribution in [3.8, 4) is 12.1 Å². The largest absolute Gasteiger partial charge is 0.351 e. The van der Waals surface area contributed by atoms with E-state index in [9.17, 15) is 4.79 Å². The molecule has 3 N–H and O–H groups in total. The zero-order valence-electron chi connectivity index (χ0n) is 7.11. The fraction of sp³-hybridized carbons (Fsp3) is 0. The number of nitrogens with zero attached hydrogens (tertiary/aromatic N) is 2. The number of carbonyl (C=O) groups excluding carboxylic acids is 1. The smallest absolute Gasteiger partial charge is 0.316 e. The van der Waals surface area contributed by atoms with Crippen molar-refractivity contribution in [1.29, 1.82) is 10.5 Å². The number of anilines is 1. The van der Waals surface area contributed by atoms with Gasteiger partial charge in [0.2, 0.25) is 0 Å². The monoisotopic (exact) mass is 186 g/mol. The third-order valence-electron chi connectivity index (χ3n) is 1.46. The van der Waals surface area contributed by atoms with Crippen LogP contribution in [0.5, 0.6) is 0 Å². The summed E-state index contributed by atoms with van der Waals surface area (Å²) in [4.78, 5) is 10.5. The number of amides is 2. The summed E-state index contributed by atoms with van der Waals surface area (Å²) in [5.41, 5.74) is 5.83. The van der Waals surface area contributed by atoms with E-state index in [1.165, 1.54) is 18.2 Å². The summed E-state index contributed by atoms with van der Waals surface area (Å²) in [7, 11) is 0. The standard InChI is InChI=1S/C9H6N4O/c10-4-6-1-7(5-11)3-8(2-6)13-9(12)14/h1-3H,(H3,12,13,14). The highest BCUT2D eigenvalue weighted by molar-refractivity contribution is 5.88. The number of hydrogen-bond acceptors (Lipinski definition) is 3. The van der Waals surface area contributed by atoms with Crippen LogP contribution >= 0.6 is 0 Å². The van der Waals surface area contributed by atoms with Crippen LogP contribution in [0.4, 0.5) is 10.5 Å². The molecule has 0 spiro atoms. The molecule has 1 aromatic rings. The summed E-state index contributed by atoms with van der Waals surface area (Å²) in [6.07, 6.45) is 0. The second-order valence-electron chi connectivity index (χ2n) is 2.51. The molecule has 0 fully saturated rings. The van der Waals surface area contributed by atoms with Crippen molar-refractivity contribution < 1.29 is 4.79 Å². The number of rotatable bonds is 1. The summed E-state index contributed by atoms with van der Waals surface area (Å²) >= 11 is 0. The number of nitriles is 2. The minimum absolute atomic E-state index is 0.299. The summed E-state index contributed by atoms with van der Waals surface area (Å²) in [5, 5.41) is 19.5. The van der Waals surface area contributed by atoms with Crippen molar-refractivity contribution in [3.05, 3.63) is 29.3 Å². The molecule has 5 heteroatoms. The van der Waals surface area contributed by atoms with Crippen molar-refractivity contribution in [2.45, 2.75) is 0 Å². The third kappa shape index (κ3) is 2.23. The first-order chi connectivity index (χ1) is 6.65. The van der Waals surface area contributed by atoms with Gasteiger partial charge in [0.05, 0.1) is 23.3 Å². The lowest BCUT2D eigenvalue weighted by atomic mass is 10.1. The summed E-state index contributed by atoms with van der Waals surface area (Å²) in [6, 6.07) is 7.31. The van der Waals surface area contributed by atoms with Crippen LogP contribution < -0.4 is 11.1 Å². The molecule has 0 aliphatic heterocycles. The maximum atomic E-state index is 10.5. The predicted octanol–water partition coefficient (Wildman–Crippen LogP) is 0.921. The fourth-order valence-corrected chi connectivity index (χ4v) is 0.971. The molecule has 0 heterocycles. The minimum Gasteiger partial charge on any atom is -0.351 e. The van der Waals surface area contributed by atoms with Crippen LogP contribution in [-0.2, 0) is 0 Å². The van der Waals surface area contributed by atoms with Crippen LogP contribution in [0.3, 0.4) is 0 Å². The molecule has 2 amide bonds. The Labute approximate surface area is 80.4 Å². The summed E-state index contributed by atoms with van der Waals surface area (Å²) in [6.45, 7) is 0. The van der Waals surface area contributed by atoms with Gasteiger partial charge in [-0.3, -0.25) is 0 Å². The average molecular weight is 186 g/mol. The van der Waals surface area contributed by atoms with E-state index in [1.807, 2.05) is 12.1 Å². The fourth-order valence-electron chi connectivity index (χ4n) is 0.971. The SMILES string of the molecule is N#Cc1cc(C#N)cc(NC(N)=O)c1. The molecule has 0 saturated carbocycles. The van der Waals surface area contributed by atoms with E-state index in [0.717, 1.165) is 0 Å². The van der Waals surface area contributed by atoms with Gasteiger partial charge in [-0.05, 0) is 18.2 Å². The summed E-state index contributed by atoms with van der Waals surface area (Å²) in [5.74, 6) is 0. The lowest BCUT2D eigenvalue weighted by Gasteiger charge is -2.01. The Hall–Kier alpha value is -2.53. The number of nitrogens with two attached hydrogens (primary N) is 1. The molecule has 0 unspecified atom stereocenters. The molecule has 1 rings (SSSR count). The molecule has 5 nitrogen and oxygen atoms in total. The topological polar surface area (TPSA) is 103 Å². The molecule has 0 aliphatic rings. The Morgan fingerprint density at radius 3 is 2.07 bits per heavy atom. The van der Waals surface area contributed by atoms with Crippen LogP contribution in [0.15, 0.2) is 18.2 Å². The molecule has 0 bridgehead atoms. The van der Waals surface area contributed by atoms with Crippen molar-refractivity contribution in [3.63, 3.8) is 0 Å². The quantitative estimate of drug-likeness (QED) is 0.681. The van der Waals surface area contributed by atoms with Gasteiger partial charge in [-0.25, -0.2) is 4.79 Å². The van der Waals surface area contributed by atoms with Gasteiger partial charge < -0.3 is 11.1 Å². The molecular weight excluding hydrogens is 180 g/mol. The van der Waals surface area contributed by atoms with Gasteiger partial charge in [0.1, 0.15) is 0 Å². The first-order valence-corrected chi connectivity index (χ1v) is 3.67. The second kappa shape index (κ2) is 3.92. The lowest BCUT2D eigenvalue weighted by Crippen LogP contribution is -2.19. The molecule has 1 aromatic carbocycles. The van der Waals surface area contributed by atoms with E-state index in [-0.39, 0.29) is 0 Å². The van der Waals surface area contributed by atoms with Crippen LogP contribution in [0, 0.1) is 22.7 Å². The Bertz CT molecular complexity index is 421. The van der Waals surface area contributed by atoms with Gasteiger partial charge in [0, 0.05) is 5.69 Å².